The smallest absolute Gasteiger partial charge is 0.319 e. The number of ether oxygens (including phenoxy) is 4. The molecular weight excluding hydrogens is 672 g/mol. The van der Waals surface area contributed by atoms with Gasteiger partial charge in [0.1, 0.15) is 39.6 Å². The highest BCUT2D eigenvalue weighted by Gasteiger charge is 2.49. The number of β-amino-alcohol motifs (C(OH)–C–C–N with tert-alkyl or cyclic N) is 1. The van der Waals surface area contributed by atoms with E-state index in [4.69, 9.17) is 28.9 Å². The molecule has 3 aliphatic heterocycles. The quantitative estimate of drug-likeness (QED) is 0.223. The van der Waals surface area contributed by atoms with Crippen molar-refractivity contribution in [3.8, 4) is 28.9 Å². The normalized spacial score (nSPS) is 25.7. The standard InChI is InChI=1S/C39H47F2N5O6/c1-4-26-28(40)9-8-24-15-25(47)16-27(30(24)26)33-32(41)34-31(36(42-33)49-3)35(46-13-14-50-21-38(2,48)20-46)44-37(43-34)52-22-39-10-5-7-29(39)45(12-6-11-39)17-23-18-51-19-23/h8-9,15-16,23,29,47-48H,4-7,10-14,17-22H2,1-3H3. The van der Waals surface area contributed by atoms with Gasteiger partial charge in [0.05, 0.1) is 46.7 Å². The Morgan fingerprint density at radius 3 is 2.63 bits per heavy atom. The van der Waals surface area contributed by atoms with Gasteiger partial charge < -0.3 is 34.1 Å². The molecule has 5 heterocycles. The number of anilines is 1. The van der Waals surface area contributed by atoms with Crippen molar-refractivity contribution in [2.45, 2.75) is 64.0 Å². The zero-order chi connectivity index (χ0) is 36.2. The Morgan fingerprint density at radius 1 is 1.04 bits per heavy atom. The van der Waals surface area contributed by atoms with E-state index in [1.165, 1.54) is 25.3 Å². The molecule has 0 spiro atoms. The second kappa shape index (κ2) is 13.8. The molecule has 278 valence electrons. The Labute approximate surface area is 301 Å². The lowest BCUT2D eigenvalue weighted by molar-refractivity contribution is -0.0731. The number of hydrogen-bond donors (Lipinski definition) is 2. The summed E-state index contributed by atoms with van der Waals surface area (Å²) in [5.74, 6) is -0.430. The maximum Gasteiger partial charge on any atom is 0.319 e. The van der Waals surface area contributed by atoms with Crippen molar-refractivity contribution in [2.24, 2.45) is 11.3 Å². The number of aromatic nitrogens is 3. The van der Waals surface area contributed by atoms with E-state index in [-0.39, 0.29) is 58.4 Å². The van der Waals surface area contributed by atoms with Crippen LogP contribution in [0.1, 0.15) is 51.5 Å². The van der Waals surface area contributed by atoms with Gasteiger partial charge in [0.25, 0.3) is 0 Å². The minimum atomic E-state index is -1.22. The van der Waals surface area contributed by atoms with Crippen LogP contribution in [-0.4, -0.2) is 108 Å². The Morgan fingerprint density at radius 2 is 1.87 bits per heavy atom. The summed E-state index contributed by atoms with van der Waals surface area (Å²) >= 11 is 0. The van der Waals surface area contributed by atoms with Gasteiger partial charge in [-0.1, -0.05) is 19.4 Å². The van der Waals surface area contributed by atoms with Gasteiger partial charge in [-0.05, 0) is 80.1 Å². The van der Waals surface area contributed by atoms with E-state index in [1.807, 2.05) is 11.8 Å². The van der Waals surface area contributed by atoms with E-state index in [1.54, 1.807) is 13.0 Å². The first-order valence-electron chi connectivity index (χ1n) is 18.5. The highest BCUT2D eigenvalue weighted by atomic mass is 19.1. The summed E-state index contributed by atoms with van der Waals surface area (Å²) < 4.78 is 56.1. The number of phenols is 1. The highest BCUT2D eigenvalue weighted by Crippen LogP contribution is 2.49. The largest absolute Gasteiger partial charge is 0.508 e. The molecule has 8 rings (SSSR count). The molecule has 1 aliphatic carbocycles. The summed E-state index contributed by atoms with van der Waals surface area (Å²) in [6.07, 6.45) is 5.67. The lowest BCUT2D eigenvalue weighted by Gasteiger charge is -2.48. The fraction of sp³-hybridized carbons (Fsp3) is 0.564. The van der Waals surface area contributed by atoms with Crippen LogP contribution >= 0.6 is 0 Å². The summed E-state index contributed by atoms with van der Waals surface area (Å²) in [6.45, 7) is 8.53. The van der Waals surface area contributed by atoms with Gasteiger partial charge in [0.15, 0.2) is 5.82 Å². The van der Waals surface area contributed by atoms with Gasteiger partial charge >= 0.3 is 6.01 Å². The van der Waals surface area contributed by atoms with Gasteiger partial charge in [-0.2, -0.15) is 9.97 Å². The summed E-state index contributed by atoms with van der Waals surface area (Å²) in [7, 11) is 1.43. The van der Waals surface area contributed by atoms with Crippen LogP contribution in [0.2, 0.25) is 0 Å². The molecule has 4 aromatic rings. The number of benzene rings is 2. The van der Waals surface area contributed by atoms with E-state index in [0.29, 0.717) is 60.3 Å². The molecule has 1 saturated carbocycles. The molecular formula is C39H47F2N5O6. The molecule has 0 bridgehead atoms. The number of piperidine rings is 1. The third-order valence-corrected chi connectivity index (χ3v) is 11.5. The molecule has 0 amide bonds. The second-order valence-electron chi connectivity index (χ2n) is 15.3. The number of aryl methyl sites for hydroxylation is 1. The van der Waals surface area contributed by atoms with Crippen molar-refractivity contribution in [1.82, 2.24) is 19.9 Å². The monoisotopic (exact) mass is 719 g/mol. The molecule has 2 aromatic carbocycles. The maximum absolute atomic E-state index is 17.3. The molecule has 3 unspecified atom stereocenters. The van der Waals surface area contributed by atoms with Crippen LogP contribution < -0.4 is 14.4 Å². The summed E-state index contributed by atoms with van der Waals surface area (Å²) in [5, 5.41) is 23.1. The number of halogens is 2. The molecule has 13 heteroatoms. The molecule has 4 aliphatic rings. The van der Waals surface area contributed by atoms with Crippen LogP contribution in [0.15, 0.2) is 24.3 Å². The number of rotatable bonds is 9. The predicted molar refractivity (Wildman–Crippen MR) is 192 cm³/mol. The Bertz CT molecular complexity index is 1990. The minimum Gasteiger partial charge on any atom is -0.508 e. The van der Waals surface area contributed by atoms with Crippen LogP contribution in [-0.2, 0) is 15.9 Å². The van der Waals surface area contributed by atoms with E-state index < -0.39 is 17.2 Å². The van der Waals surface area contributed by atoms with E-state index in [0.717, 1.165) is 58.4 Å². The Hall–Kier alpha value is -3.91. The van der Waals surface area contributed by atoms with Crippen LogP contribution in [0, 0.1) is 23.0 Å². The van der Waals surface area contributed by atoms with Gasteiger partial charge in [-0.15, -0.1) is 0 Å². The second-order valence-corrected chi connectivity index (χ2v) is 15.3. The van der Waals surface area contributed by atoms with Gasteiger partial charge in [-0.3, -0.25) is 4.90 Å². The molecule has 11 nitrogen and oxygen atoms in total. The predicted octanol–water partition coefficient (Wildman–Crippen LogP) is 5.65. The lowest BCUT2D eigenvalue weighted by atomic mass is 9.75. The van der Waals surface area contributed by atoms with Crippen molar-refractivity contribution in [2.75, 3.05) is 71.2 Å². The third kappa shape index (κ3) is 6.29. The lowest BCUT2D eigenvalue weighted by Crippen LogP contribution is -2.54. The average Bonchev–Trinajstić information content (AvgIpc) is 3.46. The first-order chi connectivity index (χ1) is 25.1. The SMILES string of the molecule is CCc1c(F)ccc2cc(O)cc(-c3nc(OC)c4c(N5CCOCC(C)(O)C5)nc(OCC56CCCC5N(CC5COC5)CCC6)nc4c3F)c12. The Balaban J connectivity index is 1.27. The molecule has 2 aromatic heterocycles. The molecule has 3 saturated heterocycles. The molecule has 0 radical (unpaired) electrons. The maximum atomic E-state index is 17.3. The van der Waals surface area contributed by atoms with Crippen LogP contribution in [0.3, 0.4) is 0 Å². The van der Waals surface area contributed by atoms with E-state index in [9.17, 15) is 10.2 Å². The third-order valence-electron chi connectivity index (χ3n) is 11.5. The van der Waals surface area contributed by atoms with E-state index >= 15 is 8.78 Å². The number of phenolic OH excluding ortho intramolecular Hbond substituents is 1. The topological polar surface area (TPSA) is 123 Å². The number of likely N-dealkylation sites (tertiary alicyclic amines) is 1. The van der Waals surface area contributed by atoms with Crippen molar-refractivity contribution in [1.29, 1.82) is 0 Å². The molecule has 2 N–H and O–H groups in total. The van der Waals surface area contributed by atoms with Crippen molar-refractivity contribution < 1.29 is 37.9 Å². The fourth-order valence-corrected chi connectivity index (χ4v) is 9.10. The molecule has 52 heavy (non-hydrogen) atoms. The van der Waals surface area contributed by atoms with E-state index in [2.05, 4.69) is 9.88 Å². The van der Waals surface area contributed by atoms with Crippen molar-refractivity contribution >= 4 is 27.5 Å². The average molecular weight is 720 g/mol. The molecule has 3 atom stereocenters. The minimum absolute atomic E-state index is 0.0102. The highest BCUT2D eigenvalue weighted by molar-refractivity contribution is 6.03. The number of fused-ring (bicyclic) bond motifs is 3. The van der Waals surface area contributed by atoms with Gasteiger partial charge in [0, 0.05) is 36.0 Å². The number of aromatic hydroxyl groups is 1. The van der Waals surface area contributed by atoms with Crippen LogP contribution in [0.25, 0.3) is 32.9 Å². The van der Waals surface area contributed by atoms with Crippen LogP contribution in [0.4, 0.5) is 14.6 Å². The zero-order valence-corrected chi connectivity index (χ0v) is 30.1. The van der Waals surface area contributed by atoms with Crippen LogP contribution in [0.5, 0.6) is 17.6 Å². The first-order valence-corrected chi connectivity index (χ1v) is 18.5. The number of hydrogen-bond acceptors (Lipinski definition) is 11. The van der Waals surface area contributed by atoms with Gasteiger partial charge in [-0.25, -0.2) is 13.8 Å². The first kappa shape index (κ1) is 35.1. The zero-order valence-electron chi connectivity index (χ0n) is 30.1. The summed E-state index contributed by atoms with van der Waals surface area (Å²) in [5.41, 5.74) is -0.948. The molecule has 4 fully saturated rings. The summed E-state index contributed by atoms with van der Waals surface area (Å²) in [6, 6.07) is 6.21. The number of aliphatic hydroxyl groups is 1. The van der Waals surface area contributed by atoms with Crippen molar-refractivity contribution in [3.63, 3.8) is 0 Å². The summed E-state index contributed by atoms with van der Waals surface area (Å²) in [4.78, 5) is 18.7. The number of nitrogens with zero attached hydrogens (tertiary/aromatic N) is 5. The van der Waals surface area contributed by atoms with Crippen molar-refractivity contribution in [3.05, 3.63) is 41.5 Å². The Kier molecular flexibility index (Phi) is 9.34. The number of methoxy groups -OCH3 is 1. The number of pyridine rings is 1. The van der Waals surface area contributed by atoms with Gasteiger partial charge in [0.2, 0.25) is 5.88 Å². The fourth-order valence-electron chi connectivity index (χ4n) is 9.10.